The van der Waals surface area contributed by atoms with Crippen LogP contribution >= 0.6 is 0 Å². The van der Waals surface area contributed by atoms with Crippen molar-refractivity contribution in [3.63, 3.8) is 0 Å². The monoisotopic (exact) mass is 862 g/mol. The van der Waals surface area contributed by atoms with E-state index < -0.39 is 54.3 Å². The van der Waals surface area contributed by atoms with Gasteiger partial charge in [0.25, 0.3) is 0 Å². The van der Waals surface area contributed by atoms with Crippen LogP contribution in [0.5, 0.6) is 0 Å². The maximum Gasteiger partial charge on any atom is 0.307 e. The van der Waals surface area contributed by atoms with Crippen molar-refractivity contribution >= 4 is 43.4 Å². The fourth-order valence-electron chi connectivity index (χ4n) is 5.06. The van der Waals surface area contributed by atoms with Gasteiger partial charge in [0.15, 0.2) is 19.7 Å². The van der Waals surface area contributed by atoms with Gasteiger partial charge in [-0.1, -0.05) is 49.2 Å². The van der Waals surface area contributed by atoms with Crippen molar-refractivity contribution in [2.24, 2.45) is 10.8 Å². The molecule has 0 saturated heterocycles. The molecule has 0 atom stereocenters. The molecule has 0 radical (unpaired) electrons. The summed E-state index contributed by atoms with van der Waals surface area (Å²) in [5.74, 6) is -2.54. The molecule has 0 aliphatic rings. The highest BCUT2D eigenvalue weighted by molar-refractivity contribution is 7.91. The molecular weight excluding hydrogens is 805 g/mol. The first-order valence-corrected chi connectivity index (χ1v) is 21.4. The van der Waals surface area contributed by atoms with Gasteiger partial charge < -0.3 is 28.4 Å². The van der Waals surface area contributed by atoms with Crippen LogP contribution < -0.4 is 11.0 Å². The number of methoxy groups -OCH3 is 2. The van der Waals surface area contributed by atoms with Crippen LogP contribution in [0.1, 0.15) is 50.7 Å². The van der Waals surface area contributed by atoms with Gasteiger partial charge in [-0.05, 0) is 38.1 Å². The van der Waals surface area contributed by atoms with E-state index in [4.69, 9.17) is 29.4 Å². The summed E-state index contributed by atoms with van der Waals surface area (Å²) < 4.78 is 82.5. The summed E-state index contributed by atoms with van der Waals surface area (Å²) in [6, 6.07) is 13.1. The van der Waals surface area contributed by atoms with Crippen molar-refractivity contribution in [2.45, 2.75) is 63.2 Å². The quantitative estimate of drug-likeness (QED) is 0.0459. The second kappa shape index (κ2) is 26.2. The molecule has 0 aliphatic heterocycles. The third-order valence-corrected chi connectivity index (χ3v) is 12.3. The topological polar surface area (TPSA) is 256 Å². The molecule has 18 nitrogen and oxygen atoms in total. The zero-order valence-corrected chi connectivity index (χ0v) is 35.6. The van der Waals surface area contributed by atoms with Crippen molar-refractivity contribution in [1.82, 2.24) is 11.0 Å². The summed E-state index contributed by atoms with van der Waals surface area (Å²) in [4.78, 5) is 44.9. The minimum Gasteiger partial charge on any atom is -0.469 e. The maximum atomic E-state index is 12.9. The SMILES string of the molecule is COC(=O)CCOCC(C)(COCCC(=O)OC)CS(=O)(=O)c1ccc(C)cc1.Cc1ccc(S(=O)(=O)CC(C)(COCCC(=O)NO)COCCC(=O)NO)cc1. The minimum absolute atomic E-state index is 0.0144. The second-order valence-corrected chi connectivity index (χ2v) is 18.2. The van der Waals surface area contributed by atoms with E-state index >= 15 is 0 Å². The summed E-state index contributed by atoms with van der Waals surface area (Å²) in [7, 11) is -4.67. The van der Waals surface area contributed by atoms with Crippen LogP contribution in [0.4, 0.5) is 0 Å². The molecule has 2 aromatic rings. The number of rotatable bonds is 26. The van der Waals surface area contributed by atoms with Gasteiger partial charge in [0.05, 0.1) is 114 Å². The number of carbonyl (C=O) groups excluding carboxylic acids is 4. The van der Waals surface area contributed by atoms with E-state index in [-0.39, 0.29) is 99.8 Å². The Labute approximate surface area is 340 Å². The Balaban J connectivity index is 0.000000580. The molecule has 2 amide bonds. The summed E-state index contributed by atoms with van der Waals surface area (Å²) in [5, 5.41) is 17.0. The minimum atomic E-state index is -3.65. The number of hydroxylamine groups is 2. The number of hydrogen-bond acceptors (Lipinski definition) is 16. The van der Waals surface area contributed by atoms with Crippen molar-refractivity contribution in [2.75, 3.05) is 78.6 Å². The van der Waals surface area contributed by atoms with Crippen LogP contribution in [-0.4, -0.2) is 130 Å². The highest BCUT2D eigenvalue weighted by atomic mass is 32.2. The molecule has 2 rings (SSSR count). The van der Waals surface area contributed by atoms with Crippen LogP contribution in [0.15, 0.2) is 58.3 Å². The Morgan fingerprint density at radius 3 is 1.07 bits per heavy atom. The average Bonchev–Trinajstić information content (AvgIpc) is 3.18. The first-order chi connectivity index (χ1) is 27.2. The van der Waals surface area contributed by atoms with Crippen LogP contribution in [0.25, 0.3) is 0 Å². The predicted octanol–water partition coefficient (Wildman–Crippen LogP) is 2.53. The molecule has 4 N–H and O–H groups in total. The van der Waals surface area contributed by atoms with Crippen LogP contribution in [0.2, 0.25) is 0 Å². The van der Waals surface area contributed by atoms with Gasteiger partial charge in [0, 0.05) is 10.8 Å². The van der Waals surface area contributed by atoms with Gasteiger partial charge in [-0.15, -0.1) is 0 Å². The lowest BCUT2D eigenvalue weighted by molar-refractivity contribution is -0.142. The Kier molecular flexibility index (Phi) is 23.4. The molecule has 0 saturated carbocycles. The number of esters is 2. The van der Waals surface area contributed by atoms with E-state index in [2.05, 4.69) is 9.47 Å². The molecule has 0 fully saturated rings. The maximum absolute atomic E-state index is 12.9. The van der Waals surface area contributed by atoms with E-state index in [0.29, 0.717) is 0 Å². The Hall–Kier alpha value is -4.02. The Morgan fingerprint density at radius 1 is 0.534 bits per heavy atom. The largest absolute Gasteiger partial charge is 0.469 e. The molecule has 2 aromatic carbocycles. The molecule has 0 spiro atoms. The van der Waals surface area contributed by atoms with Gasteiger partial charge in [-0.2, -0.15) is 0 Å². The summed E-state index contributed by atoms with van der Waals surface area (Å²) in [6.45, 7) is 7.39. The fraction of sp³-hybridized carbons (Fsp3) is 0.579. The molecule has 20 heteroatoms. The van der Waals surface area contributed by atoms with E-state index in [0.717, 1.165) is 11.1 Å². The average molecular weight is 863 g/mol. The Bertz CT molecular complexity index is 1610. The van der Waals surface area contributed by atoms with Crippen molar-refractivity contribution in [3.05, 3.63) is 59.7 Å². The number of carbonyl (C=O) groups is 4. The van der Waals surface area contributed by atoms with Gasteiger partial charge in [0.1, 0.15) is 0 Å². The van der Waals surface area contributed by atoms with E-state index in [9.17, 15) is 36.0 Å². The van der Waals surface area contributed by atoms with Gasteiger partial charge >= 0.3 is 11.9 Å². The van der Waals surface area contributed by atoms with E-state index in [1.54, 1.807) is 50.2 Å². The molecule has 0 unspecified atom stereocenters. The Morgan fingerprint density at radius 2 is 0.810 bits per heavy atom. The normalized spacial score (nSPS) is 11.9. The van der Waals surface area contributed by atoms with E-state index in [1.807, 2.05) is 13.8 Å². The van der Waals surface area contributed by atoms with Crippen molar-refractivity contribution in [3.8, 4) is 0 Å². The van der Waals surface area contributed by atoms with Crippen molar-refractivity contribution < 1.29 is 74.8 Å². The van der Waals surface area contributed by atoms with E-state index in [1.165, 1.54) is 37.3 Å². The number of ether oxygens (including phenoxy) is 6. The molecule has 0 heterocycles. The number of hydrogen-bond donors (Lipinski definition) is 4. The fourth-order valence-corrected chi connectivity index (χ4v) is 8.66. The third kappa shape index (κ3) is 21.1. The first-order valence-electron chi connectivity index (χ1n) is 18.1. The summed E-state index contributed by atoms with van der Waals surface area (Å²) >= 11 is 0. The van der Waals surface area contributed by atoms with Crippen LogP contribution in [0.3, 0.4) is 0 Å². The molecular formula is C38H58N2O16S2. The van der Waals surface area contributed by atoms with Gasteiger partial charge in [0.2, 0.25) is 11.8 Å². The second-order valence-electron chi connectivity index (χ2n) is 14.2. The molecule has 0 bridgehead atoms. The third-order valence-electron chi connectivity index (χ3n) is 8.19. The summed E-state index contributed by atoms with van der Waals surface area (Å²) in [6.07, 6.45) is -0.0371. The zero-order valence-electron chi connectivity index (χ0n) is 33.9. The van der Waals surface area contributed by atoms with Crippen LogP contribution in [-0.2, 0) is 67.3 Å². The number of nitrogens with one attached hydrogen (secondary N) is 2. The zero-order chi connectivity index (χ0) is 43.8. The summed E-state index contributed by atoms with van der Waals surface area (Å²) in [5.41, 5.74) is 3.03. The highest BCUT2D eigenvalue weighted by Crippen LogP contribution is 2.27. The smallest absolute Gasteiger partial charge is 0.307 e. The molecule has 328 valence electrons. The van der Waals surface area contributed by atoms with Crippen LogP contribution in [0, 0.1) is 24.7 Å². The number of amides is 2. The lowest BCUT2D eigenvalue weighted by Gasteiger charge is -2.29. The van der Waals surface area contributed by atoms with Gasteiger partial charge in [-0.3, -0.25) is 29.6 Å². The number of sulfone groups is 2. The predicted molar refractivity (Wildman–Crippen MR) is 208 cm³/mol. The molecule has 58 heavy (non-hydrogen) atoms. The van der Waals surface area contributed by atoms with Crippen molar-refractivity contribution in [1.29, 1.82) is 0 Å². The molecule has 0 aromatic heterocycles. The lowest BCUT2D eigenvalue weighted by atomic mass is 9.96. The number of benzene rings is 2. The first kappa shape index (κ1) is 52.0. The highest BCUT2D eigenvalue weighted by Gasteiger charge is 2.34. The van der Waals surface area contributed by atoms with Gasteiger partial charge in [-0.25, -0.2) is 27.8 Å². The number of aryl methyl sites for hydroxylation is 2. The molecule has 0 aliphatic carbocycles. The standard InChI is InChI=1S/C20H30O8S.C18H28N2O8S/c1-16-5-7-17(8-6-16)29(23,24)15-20(2,13-27-11-9-18(21)25-3)14-28-12-10-19(22)26-4;1-14-3-5-15(6-4-14)29(25,26)13-18(2,11-27-9-7-16(21)19-23)12-28-10-8-17(22)20-24/h5-8H,9-15H2,1-4H3;3-6,23-24H,7-13H2,1-2H3,(H,19,21)(H,20,22). The lowest BCUT2D eigenvalue weighted by Crippen LogP contribution is -2.37.